The molecule has 1 aliphatic heterocycles. The molecule has 0 aliphatic carbocycles. The van der Waals surface area contributed by atoms with Crippen molar-refractivity contribution in [2.45, 2.75) is 0 Å². The monoisotopic (exact) mass is 206 g/mol. The van der Waals surface area contributed by atoms with Crippen molar-refractivity contribution in [2.24, 2.45) is 0 Å². The maximum Gasteiger partial charge on any atom is 0.249 e. The number of benzene rings is 1. The number of rotatable bonds is 1. The second-order valence-corrected chi connectivity index (χ2v) is 3.44. The summed E-state index contributed by atoms with van der Waals surface area (Å²) in [6.07, 6.45) is 3.20. The van der Waals surface area contributed by atoms with Crippen molar-refractivity contribution >= 4 is 11.6 Å². The van der Waals surface area contributed by atoms with Crippen LogP contribution >= 0.6 is 0 Å². The summed E-state index contributed by atoms with van der Waals surface area (Å²) < 4.78 is 12.7. The molecule has 1 aromatic rings. The molecule has 3 nitrogen and oxygen atoms in total. The van der Waals surface area contributed by atoms with Crippen molar-refractivity contribution in [3.8, 4) is 0 Å². The molecule has 0 unspecified atom stereocenters. The number of hydrogen-bond acceptors (Lipinski definition) is 2. The van der Waals surface area contributed by atoms with E-state index in [9.17, 15) is 9.18 Å². The van der Waals surface area contributed by atoms with Crippen LogP contribution in [0.3, 0.4) is 0 Å². The van der Waals surface area contributed by atoms with Gasteiger partial charge in [0.15, 0.2) is 0 Å². The number of likely N-dealkylation sites (N-methyl/N-ethyl adjacent to an activating group) is 1. The SMILES string of the molecule is CN1CN(c2ccc(F)cc2)C=CC1=O. The van der Waals surface area contributed by atoms with Gasteiger partial charge in [-0.15, -0.1) is 0 Å². The van der Waals surface area contributed by atoms with Crippen molar-refractivity contribution in [1.82, 2.24) is 4.90 Å². The summed E-state index contributed by atoms with van der Waals surface area (Å²) in [7, 11) is 1.72. The Morgan fingerprint density at radius 3 is 2.53 bits per heavy atom. The topological polar surface area (TPSA) is 23.6 Å². The van der Waals surface area contributed by atoms with Crippen molar-refractivity contribution in [2.75, 3.05) is 18.6 Å². The lowest BCUT2D eigenvalue weighted by Crippen LogP contribution is -2.39. The van der Waals surface area contributed by atoms with Crippen LogP contribution in [0.25, 0.3) is 0 Å². The van der Waals surface area contributed by atoms with Crippen molar-refractivity contribution < 1.29 is 9.18 Å². The summed E-state index contributed by atoms with van der Waals surface area (Å²) in [6, 6.07) is 6.17. The van der Waals surface area contributed by atoms with E-state index in [0.717, 1.165) is 5.69 Å². The van der Waals surface area contributed by atoms with Crippen molar-refractivity contribution in [3.05, 3.63) is 42.4 Å². The Balaban J connectivity index is 2.22. The second-order valence-electron chi connectivity index (χ2n) is 3.44. The van der Waals surface area contributed by atoms with Crippen LogP contribution in [0.5, 0.6) is 0 Å². The summed E-state index contributed by atoms with van der Waals surface area (Å²) in [5, 5.41) is 0. The fourth-order valence-corrected chi connectivity index (χ4v) is 1.43. The van der Waals surface area contributed by atoms with E-state index < -0.39 is 0 Å². The summed E-state index contributed by atoms with van der Waals surface area (Å²) in [5.41, 5.74) is 0.868. The lowest BCUT2D eigenvalue weighted by atomic mass is 10.3. The summed E-state index contributed by atoms with van der Waals surface area (Å²) in [6.45, 7) is 0.487. The molecule has 0 saturated carbocycles. The molecule has 0 N–H and O–H groups in total. The van der Waals surface area contributed by atoms with Crippen LogP contribution in [0.15, 0.2) is 36.5 Å². The average molecular weight is 206 g/mol. The quantitative estimate of drug-likeness (QED) is 0.696. The third kappa shape index (κ3) is 1.98. The van der Waals surface area contributed by atoms with E-state index in [0.29, 0.717) is 6.67 Å². The predicted octanol–water partition coefficient (Wildman–Crippen LogP) is 1.58. The van der Waals surface area contributed by atoms with Gasteiger partial charge in [-0.05, 0) is 24.3 Å². The third-order valence-electron chi connectivity index (χ3n) is 2.30. The number of carbonyl (C=O) groups excluding carboxylic acids is 1. The Morgan fingerprint density at radius 1 is 1.27 bits per heavy atom. The zero-order valence-corrected chi connectivity index (χ0v) is 8.35. The van der Waals surface area contributed by atoms with Gasteiger partial charge in [0.1, 0.15) is 5.82 Å². The first-order chi connectivity index (χ1) is 7.16. The second kappa shape index (κ2) is 3.73. The van der Waals surface area contributed by atoms with Gasteiger partial charge in [0.25, 0.3) is 0 Å². The molecule has 15 heavy (non-hydrogen) atoms. The molecule has 1 aliphatic rings. The highest BCUT2D eigenvalue weighted by molar-refractivity contribution is 5.89. The number of hydrogen-bond donors (Lipinski definition) is 0. The van der Waals surface area contributed by atoms with E-state index in [2.05, 4.69) is 0 Å². The van der Waals surface area contributed by atoms with Gasteiger partial charge in [0.05, 0.1) is 6.67 Å². The third-order valence-corrected chi connectivity index (χ3v) is 2.30. The molecule has 1 amide bonds. The first kappa shape index (κ1) is 9.71. The first-order valence-electron chi connectivity index (χ1n) is 4.62. The normalized spacial score (nSPS) is 16.0. The Kier molecular flexibility index (Phi) is 2.41. The molecule has 4 heteroatoms. The van der Waals surface area contributed by atoms with Gasteiger partial charge in [-0.3, -0.25) is 4.79 Å². The zero-order chi connectivity index (χ0) is 10.8. The van der Waals surface area contributed by atoms with Gasteiger partial charge in [-0.25, -0.2) is 4.39 Å². The Bertz CT molecular complexity index is 400. The van der Waals surface area contributed by atoms with E-state index in [1.165, 1.54) is 18.2 Å². The summed E-state index contributed by atoms with van der Waals surface area (Å²) in [4.78, 5) is 14.6. The molecule has 0 saturated heterocycles. The van der Waals surface area contributed by atoms with Crippen LogP contribution in [-0.2, 0) is 4.79 Å². The molecule has 0 bridgehead atoms. The lowest BCUT2D eigenvalue weighted by molar-refractivity contribution is -0.125. The Morgan fingerprint density at radius 2 is 1.93 bits per heavy atom. The van der Waals surface area contributed by atoms with E-state index in [1.54, 1.807) is 30.3 Å². The first-order valence-corrected chi connectivity index (χ1v) is 4.62. The molecular formula is C11H11FN2O. The smallest absolute Gasteiger partial charge is 0.249 e. The van der Waals surface area contributed by atoms with Crippen molar-refractivity contribution in [1.29, 1.82) is 0 Å². The van der Waals surface area contributed by atoms with Gasteiger partial charge in [-0.2, -0.15) is 0 Å². The minimum absolute atomic E-state index is 0.0200. The molecule has 1 aromatic carbocycles. The molecule has 0 spiro atoms. The highest BCUT2D eigenvalue weighted by Crippen LogP contribution is 2.17. The Labute approximate surface area is 87.4 Å². The van der Waals surface area contributed by atoms with Gasteiger partial charge >= 0.3 is 0 Å². The van der Waals surface area contributed by atoms with Crippen LogP contribution in [0.4, 0.5) is 10.1 Å². The highest BCUT2D eigenvalue weighted by atomic mass is 19.1. The molecule has 1 heterocycles. The zero-order valence-electron chi connectivity index (χ0n) is 8.35. The minimum Gasteiger partial charge on any atom is -0.330 e. The standard InChI is InChI=1S/C11H11FN2O/c1-13-8-14(7-6-11(13)15)10-4-2-9(12)3-5-10/h2-7H,8H2,1H3. The van der Waals surface area contributed by atoms with Crippen LogP contribution < -0.4 is 4.90 Å². The highest BCUT2D eigenvalue weighted by Gasteiger charge is 2.15. The van der Waals surface area contributed by atoms with E-state index in [-0.39, 0.29) is 11.7 Å². The molecule has 78 valence electrons. The largest absolute Gasteiger partial charge is 0.330 e. The lowest BCUT2D eigenvalue weighted by Gasteiger charge is -2.29. The molecule has 0 radical (unpaired) electrons. The fraction of sp³-hybridized carbons (Fsp3) is 0.182. The van der Waals surface area contributed by atoms with Crippen molar-refractivity contribution in [3.63, 3.8) is 0 Å². The number of nitrogens with zero attached hydrogens (tertiary/aromatic N) is 2. The fourth-order valence-electron chi connectivity index (χ4n) is 1.43. The maximum atomic E-state index is 12.7. The molecule has 2 rings (SSSR count). The molecule has 0 atom stereocenters. The maximum absolute atomic E-state index is 12.7. The Hall–Kier alpha value is -1.84. The van der Waals surface area contributed by atoms with Gasteiger partial charge in [0, 0.05) is 25.0 Å². The summed E-state index contributed by atoms with van der Waals surface area (Å²) in [5.74, 6) is -0.280. The van der Waals surface area contributed by atoms with E-state index in [4.69, 9.17) is 0 Å². The number of halogens is 1. The summed E-state index contributed by atoms with van der Waals surface area (Å²) >= 11 is 0. The van der Waals surface area contributed by atoms with Crippen LogP contribution in [0, 0.1) is 5.82 Å². The van der Waals surface area contributed by atoms with Gasteiger partial charge in [-0.1, -0.05) is 0 Å². The molecule has 0 fully saturated rings. The number of carbonyl (C=O) groups is 1. The predicted molar refractivity (Wildman–Crippen MR) is 55.7 cm³/mol. The van der Waals surface area contributed by atoms with Gasteiger partial charge < -0.3 is 9.80 Å². The number of amides is 1. The molecule has 0 aromatic heterocycles. The van der Waals surface area contributed by atoms with E-state index in [1.807, 2.05) is 4.90 Å². The molecular weight excluding hydrogens is 195 g/mol. The van der Waals surface area contributed by atoms with E-state index >= 15 is 0 Å². The minimum atomic E-state index is -0.260. The van der Waals surface area contributed by atoms with Crippen LogP contribution in [-0.4, -0.2) is 24.5 Å². The van der Waals surface area contributed by atoms with Crippen LogP contribution in [0.2, 0.25) is 0 Å². The van der Waals surface area contributed by atoms with Crippen LogP contribution in [0.1, 0.15) is 0 Å². The van der Waals surface area contributed by atoms with Gasteiger partial charge in [0.2, 0.25) is 5.91 Å². The number of anilines is 1. The average Bonchev–Trinajstić information content (AvgIpc) is 2.23.